The van der Waals surface area contributed by atoms with Crippen LogP contribution in [0.1, 0.15) is 0 Å². The summed E-state index contributed by atoms with van der Waals surface area (Å²) >= 11 is 2.76. The lowest BCUT2D eigenvalue weighted by molar-refractivity contribution is -0.116. The molecule has 0 unspecified atom stereocenters. The summed E-state index contributed by atoms with van der Waals surface area (Å²) < 4.78 is 1.52. The SMILES string of the molecule is C=CCN(C(=O)CSc1nc2sc(-c3ccccc3)cc2c(=O)n1C)c1ccccc1. The van der Waals surface area contributed by atoms with Gasteiger partial charge in [0.2, 0.25) is 5.91 Å². The van der Waals surface area contributed by atoms with Crippen molar-refractivity contribution < 1.29 is 4.79 Å². The molecule has 2 heterocycles. The van der Waals surface area contributed by atoms with Gasteiger partial charge in [-0.25, -0.2) is 4.98 Å². The third-order valence-corrected chi connectivity index (χ3v) is 6.89. The van der Waals surface area contributed by atoms with E-state index in [1.807, 2.05) is 66.7 Å². The first-order valence-corrected chi connectivity index (χ1v) is 11.5. The number of carbonyl (C=O) groups excluding carboxylic acids is 1. The third kappa shape index (κ3) is 4.47. The molecular weight excluding hydrogens is 426 g/mol. The van der Waals surface area contributed by atoms with Gasteiger partial charge in [0.05, 0.1) is 11.1 Å². The zero-order valence-corrected chi connectivity index (χ0v) is 18.7. The molecule has 156 valence electrons. The quantitative estimate of drug-likeness (QED) is 0.228. The summed E-state index contributed by atoms with van der Waals surface area (Å²) in [5.74, 6) is 0.104. The van der Waals surface area contributed by atoms with Crippen LogP contribution in [0.5, 0.6) is 0 Å². The minimum Gasteiger partial charge on any atom is -0.308 e. The zero-order chi connectivity index (χ0) is 21.8. The average molecular weight is 448 g/mol. The summed E-state index contributed by atoms with van der Waals surface area (Å²) in [4.78, 5) is 33.8. The number of thiophene rings is 1. The molecule has 0 spiro atoms. The Hall–Kier alpha value is -3.16. The Morgan fingerprint density at radius 1 is 1.16 bits per heavy atom. The van der Waals surface area contributed by atoms with Crippen LogP contribution in [0.4, 0.5) is 5.69 Å². The molecule has 0 saturated heterocycles. The van der Waals surface area contributed by atoms with Crippen molar-refractivity contribution in [3.63, 3.8) is 0 Å². The van der Waals surface area contributed by atoms with Crippen molar-refractivity contribution in [1.82, 2.24) is 9.55 Å². The van der Waals surface area contributed by atoms with Crippen LogP contribution in [0, 0.1) is 0 Å². The lowest BCUT2D eigenvalue weighted by atomic mass is 10.2. The van der Waals surface area contributed by atoms with Gasteiger partial charge >= 0.3 is 0 Å². The smallest absolute Gasteiger partial charge is 0.262 e. The molecular formula is C24H21N3O2S2. The number of thioether (sulfide) groups is 1. The average Bonchev–Trinajstić information content (AvgIpc) is 3.24. The van der Waals surface area contributed by atoms with Gasteiger partial charge < -0.3 is 4.90 Å². The molecule has 0 N–H and O–H groups in total. The predicted molar refractivity (Wildman–Crippen MR) is 130 cm³/mol. The summed E-state index contributed by atoms with van der Waals surface area (Å²) in [5.41, 5.74) is 1.76. The molecule has 0 aliphatic heterocycles. The number of amides is 1. The second-order valence-corrected chi connectivity index (χ2v) is 8.84. The number of para-hydroxylation sites is 1. The van der Waals surface area contributed by atoms with Gasteiger partial charge in [-0.2, -0.15) is 0 Å². The molecule has 0 radical (unpaired) electrons. The maximum absolute atomic E-state index is 12.9. The number of carbonyl (C=O) groups is 1. The van der Waals surface area contributed by atoms with Crippen LogP contribution in [0.15, 0.2) is 89.3 Å². The molecule has 1 amide bonds. The van der Waals surface area contributed by atoms with E-state index in [0.29, 0.717) is 21.9 Å². The van der Waals surface area contributed by atoms with Gasteiger partial charge in [0.25, 0.3) is 5.56 Å². The van der Waals surface area contributed by atoms with Crippen LogP contribution < -0.4 is 10.5 Å². The van der Waals surface area contributed by atoms with E-state index in [-0.39, 0.29) is 17.2 Å². The predicted octanol–water partition coefficient (Wildman–Crippen LogP) is 4.97. The van der Waals surface area contributed by atoms with E-state index in [9.17, 15) is 9.59 Å². The Labute approximate surface area is 188 Å². The molecule has 4 aromatic rings. The highest BCUT2D eigenvalue weighted by Crippen LogP contribution is 2.32. The van der Waals surface area contributed by atoms with Crippen LogP contribution in [0.2, 0.25) is 0 Å². The van der Waals surface area contributed by atoms with Crippen molar-refractivity contribution in [3.8, 4) is 10.4 Å². The van der Waals surface area contributed by atoms with E-state index >= 15 is 0 Å². The molecule has 0 aliphatic rings. The number of rotatable bonds is 7. The van der Waals surface area contributed by atoms with Crippen molar-refractivity contribution >= 4 is 44.9 Å². The highest BCUT2D eigenvalue weighted by atomic mass is 32.2. The maximum atomic E-state index is 12.9. The second kappa shape index (κ2) is 9.32. The number of nitrogens with zero attached hydrogens (tertiary/aromatic N) is 3. The van der Waals surface area contributed by atoms with Crippen LogP contribution in [0.25, 0.3) is 20.7 Å². The summed E-state index contributed by atoms with van der Waals surface area (Å²) in [6.07, 6.45) is 1.70. The van der Waals surface area contributed by atoms with E-state index in [4.69, 9.17) is 0 Å². The summed E-state index contributed by atoms with van der Waals surface area (Å²) in [6, 6.07) is 21.3. The summed E-state index contributed by atoms with van der Waals surface area (Å²) in [7, 11) is 1.69. The first kappa shape index (κ1) is 21.1. The normalized spacial score (nSPS) is 10.9. The molecule has 2 aromatic carbocycles. The van der Waals surface area contributed by atoms with Crippen LogP contribution in [-0.2, 0) is 11.8 Å². The van der Waals surface area contributed by atoms with Crippen molar-refractivity contribution in [2.75, 3.05) is 17.2 Å². The van der Waals surface area contributed by atoms with Crippen LogP contribution in [-0.4, -0.2) is 27.8 Å². The number of fused-ring (bicyclic) bond motifs is 1. The fourth-order valence-corrected chi connectivity index (χ4v) is 5.14. The van der Waals surface area contributed by atoms with Crippen molar-refractivity contribution in [2.45, 2.75) is 5.16 Å². The summed E-state index contributed by atoms with van der Waals surface area (Å²) in [6.45, 7) is 4.17. The number of aromatic nitrogens is 2. The minimum absolute atomic E-state index is 0.0680. The molecule has 2 aromatic heterocycles. The Morgan fingerprint density at radius 2 is 1.84 bits per heavy atom. The van der Waals surface area contributed by atoms with E-state index in [1.54, 1.807) is 18.0 Å². The third-order valence-electron chi connectivity index (χ3n) is 4.80. The van der Waals surface area contributed by atoms with Gasteiger partial charge in [-0.1, -0.05) is 66.4 Å². The second-order valence-electron chi connectivity index (χ2n) is 6.87. The van der Waals surface area contributed by atoms with Gasteiger partial charge in [-0.05, 0) is 23.8 Å². The fraction of sp³-hybridized carbons (Fsp3) is 0.125. The Kier molecular flexibility index (Phi) is 6.34. The number of hydrogen-bond donors (Lipinski definition) is 0. The molecule has 0 bridgehead atoms. The lowest BCUT2D eigenvalue weighted by Crippen LogP contribution is -2.32. The van der Waals surface area contributed by atoms with Gasteiger partial charge in [0.15, 0.2) is 5.16 Å². The van der Waals surface area contributed by atoms with Gasteiger partial charge in [-0.15, -0.1) is 17.9 Å². The van der Waals surface area contributed by atoms with Gasteiger partial charge in [-0.3, -0.25) is 14.2 Å². The van der Waals surface area contributed by atoms with Crippen molar-refractivity contribution in [1.29, 1.82) is 0 Å². The molecule has 4 rings (SSSR count). The number of hydrogen-bond acceptors (Lipinski definition) is 5. The topological polar surface area (TPSA) is 55.2 Å². The molecule has 0 atom stereocenters. The largest absolute Gasteiger partial charge is 0.308 e. The number of benzene rings is 2. The standard InChI is InChI=1S/C24H21N3O2S2/c1-3-14-27(18-12-8-5-9-13-18)21(28)16-30-24-25-22-19(23(29)26(24)2)15-20(31-22)17-10-6-4-7-11-17/h3-13,15H,1,14,16H2,2H3. The Bertz CT molecular complexity index is 1280. The van der Waals surface area contributed by atoms with Gasteiger partial charge in [0.1, 0.15) is 4.83 Å². The Morgan fingerprint density at radius 3 is 2.52 bits per heavy atom. The molecule has 7 heteroatoms. The highest BCUT2D eigenvalue weighted by Gasteiger charge is 2.18. The minimum atomic E-state index is -0.107. The van der Waals surface area contributed by atoms with E-state index in [1.165, 1.54) is 27.7 Å². The lowest BCUT2D eigenvalue weighted by Gasteiger charge is -2.21. The van der Waals surface area contributed by atoms with E-state index in [0.717, 1.165) is 16.1 Å². The summed E-state index contributed by atoms with van der Waals surface area (Å²) in [5, 5.41) is 1.12. The first-order valence-electron chi connectivity index (χ1n) is 9.73. The van der Waals surface area contributed by atoms with Crippen LogP contribution in [0.3, 0.4) is 0 Å². The molecule has 0 fully saturated rings. The zero-order valence-electron chi connectivity index (χ0n) is 17.0. The Balaban J connectivity index is 1.59. The van der Waals surface area contributed by atoms with Crippen molar-refractivity contribution in [2.24, 2.45) is 7.05 Å². The number of anilines is 1. The van der Waals surface area contributed by atoms with E-state index < -0.39 is 0 Å². The van der Waals surface area contributed by atoms with Crippen molar-refractivity contribution in [3.05, 3.63) is 89.7 Å². The molecule has 0 aliphatic carbocycles. The van der Waals surface area contributed by atoms with Crippen LogP contribution >= 0.6 is 23.1 Å². The monoisotopic (exact) mass is 447 g/mol. The maximum Gasteiger partial charge on any atom is 0.262 e. The fourth-order valence-electron chi connectivity index (χ4n) is 3.21. The molecule has 31 heavy (non-hydrogen) atoms. The van der Waals surface area contributed by atoms with Gasteiger partial charge in [0, 0.05) is 24.2 Å². The highest BCUT2D eigenvalue weighted by molar-refractivity contribution is 7.99. The molecule has 5 nitrogen and oxygen atoms in total. The van der Waals surface area contributed by atoms with E-state index in [2.05, 4.69) is 11.6 Å². The first-order chi connectivity index (χ1) is 15.1. The molecule has 0 saturated carbocycles.